The van der Waals surface area contributed by atoms with Gasteiger partial charge in [-0.3, -0.25) is 9.48 Å². The molecule has 1 saturated heterocycles. The molecule has 174 valence electrons. The Morgan fingerprint density at radius 3 is 2.32 bits per heavy atom. The number of carbonyl (C=O) groups is 1. The third kappa shape index (κ3) is 4.04. The van der Waals surface area contributed by atoms with E-state index in [1.165, 1.54) is 12.1 Å². The molecule has 0 unspecified atom stereocenters. The summed E-state index contributed by atoms with van der Waals surface area (Å²) < 4.78 is 40.4. The SMILES string of the molecule is Cn1ncc2c(C(=O)N3CCN(c4ncccn4)CC3)cc(-c3ccc(C(F)(F)F)cc3)nc21. The number of alkyl halides is 3. The fraction of sp³-hybridized carbons (Fsp3) is 0.261. The average Bonchev–Trinajstić information content (AvgIpc) is 3.24. The number of aryl methyl sites for hydroxylation is 1. The molecule has 4 heterocycles. The fourth-order valence-electron chi connectivity index (χ4n) is 4.00. The van der Waals surface area contributed by atoms with Crippen molar-refractivity contribution >= 4 is 22.9 Å². The molecule has 8 nitrogen and oxygen atoms in total. The average molecular weight is 467 g/mol. The van der Waals surface area contributed by atoms with Crippen molar-refractivity contribution in [3.8, 4) is 11.3 Å². The first-order valence-electron chi connectivity index (χ1n) is 10.6. The molecule has 5 rings (SSSR count). The van der Waals surface area contributed by atoms with Gasteiger partial charge in [-0.2, -0.15) is 18.3 Å². The maximum absolute atomic E-state index is 13.5. The van der Waals surface area contributed by atoms with Crippen molar-refractivity contribution in [3.63, 3.8) is 0 Å². The molecule has 11 heteroatoms. The van der Waals surface area contributed by atoms with E-state index in [0.29, 0.717) is 60.0 Å². The molecule has 3 aromatic heterocycles. The molecule has 0 radical (unpaired) electrons. The van der Waals surface area contributed by atoms with Gasteiger partial charge in [-0.1, -0.05) is 12.1 Å². The summed E-state index contributed by atoms with van der Waals surface area (Å²) in [5.41, 5.74) is 1.05. The van der Waals surface area contributed by atoms with E-state index < -0.39 is 11.7 Å². The highest BCUT2D eigenvalue weighted by molar-refractivity contribution is 6.06. The molecule has 1 aromatic carbocycles. The molecule has 1 amide bonds. The Balaban J connectivity index is 1.44. The zero-order valence-corrected chi connectivity index (χ0v) is 18.2. The van der Waals surface area contributed by atoms with Crippen LogP contribution in [-0.2, 0) is 13.2 Å². The summed E-state index contributed by atoms with van der Waals surface area (Å²) in [5.74, 6) is 0.444. The Morgan fingerprint density at radius 2 is 1.68 bits per heavy atom. The number of carbonyl (C=O) groups excluding carboxylic acids is 1. The topological polar surface area (TPSA) is 80.0 Å². The van der Waals surface area contributed by atoms with Crippen LogP contribution in [0, 0.1) is 0 Å². The number of anilines is 1. The second-order valence-corrected chi connectivity index (χ2v) is 7.96. The molecule has 4 aromatic rings. The second-order valence-electron chi connectivity index (χ2n) is 7.96. The van der Waals surface area contributed by atoms with Crippen LogP contribution in [0.25, 0.3) is 22.3 Å². The van der Waals surface area contributed by atoms with Crippen molar-refractivity contribution in [2.24, 2.45) is 7.05 Å². The Bertz CT molecular complexity index is 1330. The molecule has 1 aliphatic heterocycles. The third-order valence-electron chi connectivity index (χ3n) is 5.85. The van der Waals surface area contributed by atoms with E-state index in [-0.39, 0.29) is 5.91 Å². The Kier molecular flexibility index (Phi) is 5.39. The number of fused-ring (bicyclic) bond motifs is 1. The third-order valence-corrected chi connectivity index (χ3v) is 5.85. The van der Waals surface area contributed by atoms with Gasteiger partial charge in [-0.25, -0.2) is 15.0 Å². The Morgan fingerprint density at radius 1 is 1.00 bits per heavy atom. The number of pyridine rings is 1. The maximum Gasteiger partial charge on any atom is 0.416 e. The lowest BCUT2D eigenvalue weighted by atomic mass is 10.0. The summed E-state index contributed by atoms with van der Waals surface area (Å²) in [5, 5.41) is 4.82. The molecule has 34 heavy (non-hydrogen) atoms. The van der Waals surface area contributed by atoms with Gasteiger partial charge >= 0.3 is 6.18 Å². The highest BCUT2D eigenvalue weighted by Gasteiger charge is 2.30. The molecule has 1 aliphatic rings. The van der Waals surface area contributed by atoms with Crippen molar-refractivity contribution in [1.29, 1.82) is 0 Å². The highest BCUT2D eigenvalue weighted by Crippen LogP contribution is 2.32. The molecular formula is C23H20F3N7O. The minimum atomic E-state index is -4.42. The van der Waals surface area contributed by atoms with E-state index in [2.05, 4.69) is 20.1 Å². The first-order chi connectivity index (χ1) is 16.3. The van der Waals surface area contributed by atoms with Gasteiger partial charge in [-0.15, -0.1) is 0 Å². The number of hydrogen-bond donors (Lipinski definition) is 0. The van der Waals surface area contributed by atoms with Gasteiger partial charge in [0.05, 0.1) is 28.4 Å². The number of benzene rings is 1. The van der Waals surface area contributed by atoms with Crippen LogP contribution in [-0.4, -0.2) is 61.7 Å². The maximum atomic E-state index is 13.5. The number of hydrogen-bond acceptors (Lipinski definition) is 6. The van der Waals surface area contributed by atoms with Crippen LogP contribution < -0.4 is 4.90 Å². The summed E-state index contributed by atoms with van der Waals surface area (Å²) in [4.78, 5) is 30.3. The zero-order valence-electron chi connectivity index (χ0n) is 18.2. The van der Waals surface area contributed by atoms with Gasteiger partial charge < -0.3 is 9.80 Å². The summed E-state index contributed by atoms with van der Waals surface area (Å²) >= 11 is 0. The Hall–Kier alpha value is -4.02. The first kappa shape index (κ1) is 21.8. The van der Waals surface area contributed by atoms with E-state index in [1.54, 1.807) is 47.4 Å². The fourth-order valence-corrected chi connectivity index (χ4v) is 4.00. The van der Waals surface area contributed by atoms with Crippen molar-refractivity contribution in [2.45, 2.75) is 6.18 Å². The van der Waals surface area contributed by atoms with Gasteiger partial charge in [0.2, 0.25) is 5.95 Å². The van der Waals surface area contributed by atoms with Gasteiger partial charge in [0.15, 0.2) is 5.65 Å². The van der Waals surface area contributed by atoms with E-state index >= 15 is 0 Å². The van der Waals surface area contributed by atoms with Gasteiger partial charge in [-0.05, 0) is 24.3 Å². The predicted octanol–water partition coefficient (Wildman–Crippen LogP) is 3.41. The number of nitrogens with zero attached hydrogens (tertiary/aromatic N) is 7. The molecule has 0 N–H and O–H groups in total. The molecular weight excluding hydrogens is 447 g/mol. The largest absolute Gasteiger partial charge is 0.416 e. The number of rotatable bonds is 3. The van der Waals surface area contributed by atoms with Gasteiger partial charge in [0.1, 0.15) is 0 Å². The van der Waals surface area contributed by atoms with E-state index in [1.807, 2.05) is 4.90 Å². The van der Waals surface area contributed by atoms with Crippen LogP contribution in [0.5, 0.6) is 0 Å². The number of piperazine rings is 1. The quantitative estimate of drug-likeness (QED) is 0.460. The van der Waals surface area contributed by atoms with Crippen molar-refractivity contribution in [3.05, 3.63) is 66.1 Å². The normalized spacial score (nSPS) is 14.6. The molecule has 1 fully saturated rings. The van der Waals surface area contributed by atoms with Gasteiger partial charge in [0.25, 0.3) is 5.91 Å². The zero-order chi connectivity index (χ0) is 23.9. The number of halogens is 3. The van der Waals surface area contributed by atoms with Crippen LogP contribution in [0.4, 0.5) is 19.1 Å². The van der Waals surface area contributed by atoms with Gasteiger partial charge in [0, 0.05) is 51.2 Å². The summed E-state index contributed by atoms with van der Waals surface area (Å²) in [7, 11) is 1.71. The smallest absolute Gasteiger partial charge is 0.337 e. The lowest BCUT2D eigenvalue weighted by molar-refractivity contribution is -0.137. The number of amides is 1. The molecule has 0 aliphatic carbocycles. The standard InChI is InChI=1S/C23H20F3N7O/c1-31-20-18(14-29-31)17(13-19(30-20)15-3-5-16(6-4-15)23(24,25)26)21(34)32-9-11-33(12-10-32)22-27-7-2-8-28-22/h2-8,13-14H,9-12H2,1H3. The van der Waals surface area contributed by atoms with E-state index in [4.69, 9.17) is 0 Å². The van der Waals surface area contributed by atoms with Crippen LogP contribution in [0.1, 0.15) is 15.9 Å². The van der Waals surface area contributed by atoms with Crippen LogP contribution >= 0.6 is 0 Å². The lowest BCUT2D eigenvalue weighted by Gasteiger charge is -2.34. The van der Waals surface area contributed by atoms with Crippen molar-refractivity contribution in [1.82, 2.24) is 29.6 Å². The van der Waals surface area contributed by atoms with Crippen LogP contribution in [0.3, 0.4) is 0 Å². The van der Waals surface area contributed by atoms with Crippen molar-refractivity contribution < 1.29 is 18.0 Å². The van der Waals surface area contributed by atoms with Crippen LogP contribution in [0.15, 0.2) is 55.0 Å². The van der Waals surface area contributed by atoms with Crippen molar-refractivity contribution in [2.75, 3.05) is 31.1 Å². The summed E-state index contributed by atoms with van der Waals surface area (Å²) in [6.45, 7) is 2.14. The minimum absolute atomic E-state index is 0.179. The molecule has 0 bridgehead atoms. The van der Waals surface area contributed by atoms with E-state index in [9.17, 15) is 18.0 Å². The van der Waals surface area contributed by atoms with E-state index in [0.717, 1.165) is 12.1 Å². The summed E-state index contributed by atoms with van der Waals surface area (Å²) in [6.07, 6.45) is 0.518. The minimum Gasteiger partial charge on any atom is -0.337 e. The second kappa shape index (κ2) is 8.40. The number of aromatic nitrogens is 5. The molecule has 0 saturated carbocycles. The molecule has 0 atom stereocenters. The highest BCUT2D eigenvalue weighted by atomic mass is 19.4. The van der Waals surface area contributed by atoms with Crippen LogP contribution in [0.2, 0.25) is 0 Å². The first-order valence-corrected chi connectivity index (χ1v) is 10.6. The Labute approximate surface area is 192 Å². The summed E-state index contributed by atoms with van der Waals surface area (Å²) in [6, 6.07) is 8.12. The lowest BCUT2D eigenvalue weighted by Crippen LogP contribution is -2.49. The monoisotopic (exact) mass is 467 g/mol. The molecule has 0 spiro atoms. The predicted molar refractivity (Wildman–Crippen MR) is 119 cm³/mol.